The van der Waals surface area contributed by atoms with Crippen LogP contribution in [0, 0.1) is 5.92 Å². The number of pyridine rings is 1. The van der Waals surface area contributed by atoms with E-state index in [4.69, 9.17) is 0 Å². The highest BCUT2D eigenvalue weighted by atomic mass is 16.1. The maximum absolute atomic E-state index is 12.6. The third-order valence-corrected chi connectivity index (χ3v) is 4.30. The lowest BCUT2D eigenvalue weighted by molar-refractivity contribution is 0.0950. The van der Waals surface area contributed by atoms with Gasteiger partial charge >= 0.3 is 0 Å². The zero-order valence-corrected chi connectivity index (χ0v) is 15.3. The van der Waals surface area contributed by atoms with Gasteiger partial charge in [0.25, 0.3) is 5.91 Å². The van der Waals surface area contributed by atoms with Gasteiger partial charge in [-0.2, -0.15) is 0 Å². The maximum Gasteiger partial charge on any atom is 0.251 e. The largest absolute Gasteiger partial charge is 0.346 e. The van der Waals surface area contributed by atoms with Crippen LogP contribution in [0.2, 0.25) is 0 Å². The van der Waals surface area contributed by atoms with Crippen LogP contribution in [0.4, 0.5) is 0 Å². The number of amides is 1. The molecule has 0 bridgehead atoms. The van der Waals surface area contributed by atoms with Crippen LogP contribution in [0.15, 0.2) is 48.9 Å². The van der Waals surface area contributed by atoms with Gasteiger partial charge in [0, 0.05) is 23.7 Å². The van der Waals surface area contributed by atoms with Crippen LogP contribution in [-0.4, -0.2) is 30.6 Å². The van der Waals surface area contributed by atoms with Crippen LogP contribution in [0.1, 0.15) is 29.9 Å². The number of fused-ring (bicyclic) bond motifs is 3. The van der Waals surface area contributed by atoms with Crippen LogP contribution in [0.5, 0.6) is 0 Å². The fraction of sp³-hybridized carbons (Fsp3) is 0.250. The number of hydrogen-bond acceptors (Lipinski definition) is 5. The minimum Gasteiger partial charge on any atom is -0.346 e. The SMILES string of the molecule is CC(C)Cn1cnc2nnc3ccc(C(=O)NCc4ccccn4)cc3c21. The van der Waals surface area contributed by atoms with Gasteiger partial charge in [-0.15, -0.1) is 10.2 Å². The summed E-state index contributed by atoms with van der Waals surface area (Å²) in [5.74, 6) is 0.318. The summed E-state index contributed by atoms with van der Waals surface area (Å²) in [6.07, 6.45) is 3.50. The molecule has 3 heterocycles. The van der Waals surface area contributed by atoms with Crippen molar-refractivity contribution in [1.82, 2.24) is 30.0 Å². The Kier molecular flexibility index (Phi) is 4.50. The van der Waals surface area contributed by atoms with Crippen molar-refractivity contribution in [3.05, 3.63) is 60.2 Å². The average Bonchev–Trinajstić information content (AvgIpc) is 3.09. The topological polar surface area (TPSA) is 85.6 Å². The van der Waals surface area contributed by atoms with Crippen LogP contribution < -0.4 is 5.32 Å². The first kappa shape index (κ1) is 17.1. The molecule has 0 aliphatic rings. The lowest BCUT2D eigenvalue weighted by Crippen LogP contribution is -2.23. The lowest BCUT2D eigenvalue weighted by atomic mass is 10.1. The molecule has 1 aromatic carbocycles. The molecule has 0 radical (unpaired) electrons. The predicted molar refractivity (Wildman–Crippen MR) is 103 cm³/mol. The minimum atomic E-state index is -0.151. The fourth-order valence-electron chi connectivity index (χ4n) is 3.08. The number of aromatic nitrogens is 5. The Morgan fingerprint density at radius 2 is 2.04 bits per heavy atom. The summed E-state index contributed by atoms with van der Waals surface area (Å²) < 4.78 is 2.08. The zero-order chi connectivity index (χ0) is 18.8. The highest BCUT2D eigenvalue weighted by Crippen LogP contribution is 2.23. The Balaban J connectivity index is 1.68. The Morgan fingerprint density at radius 1 is 1.15 bits per heavy atom. The summed E-state index contributed by atoms with van der Waals surface area (Å²) in [6.45, 7) is 5.51. The van der Waals surface area contributed by atoms with Crippen LogP contribution in [0.3, 0.4) is 0 Å². The van der Waals surface area contributed by atoms with Crippen molar-refractivity contribution in [3.8, 4) is 0 Å². The van der Waals surface area contributed by atoms with E-state index in [-0.39, 0.29) is 5.91 Å². The van der Waals surface area contributed by atoms with Crippen LogP contribution in [0.25, 0.3) is 22.1 Å². The van der Waals surface area contributed by atoms with Gasteiger partial charge in [-0.3, -0.25) is 9.78 Å². The number of imidazole rings is 1. The smallest absolute Gasteiger partial charge is 0.251 e. The summed E-state index contributed by atoms with van der Waals surface area (Å²) in [4.78, 5) is 21.2. The lowest BCUT2D eigenvalue weighted by Gasteiger charge is -2.09. The van der Waals surface area contributed by atoms with E-state index < -0.39 is 0 Å². The number of rotatable bonds is 5. The van der Waals surface area contributed by atoms with E-state index >= 15 is 0 Å². The molecule has 7 nitrogen and oxygen atoms in total. The van der Waals surface area contributed by atoms with Crippen molar-refractivity contribution in [3.63, 3.8) is 0 Å². The van der Waals surface area contributed by atoms with Gasteiger partial charge in [-0.1, -0.05) is 19.9 Å². The van der Waals surface area contributed by atoms with Crippen molar-refractivity contribution < 1.29 is 4.79 Å². The van der Waals surface area contributed by atoms with E-state index in [0.29, 0.717) is 23.7 Å². The monoisotopic (exact) mass is 360 g/mol. The van der Waals surface area contributed by atoms with Gasteiger partial charge < -0.3 is 9.88 Å². The summed E-state index contributed by atoms with van der Waals surface area (Å²) in [5.41, 5.74) is 3.64. The first-order chi connectivity index (χ1) is 13.1. The molecule has 4 aromatic rings. The number of nitrogens with one attached hydrogen (secondary N) is 1. The third kappa shape index (κ3) is 3.48. The molecule has 0 atom stereocenters. The number of carbonyl (C=O) groups excluding carboxylic acids is 1. The van der Waals surface area contributed by atoms with E-state index in [0.717, 1.165) is 28.7 Å². The van der Waals surface area contributed by atoms with Crippen molar-refractivity contribution in [2.24, 2.45) is 5.92 Å². The van der Waals surface area contributed by atoms with E-state index in [2.05, 4.69) is 43.9 Å². The molecule has 0 saturated carbocycles. The Bertz CT molecular complexity index is 1100. The standard InChI is InChI=1S/C20H20N6O/c1-13(2)11-26-12-23-19-18(26)16-9-14(6-7-17(16)24-25-19)20(27)22-10-15-5-3-4-8-21-15/h3-9,12-13H,10-11H2,1-2H3,(H,22,27). The van der Waals surface area contributed by atoms with Crippen molar-refractivity contribution in [1.29, 1.82) is 0 Å². The molecule has 7 heteroatoms. The number of nitrogens with zero attached hydrogens (tertiary/aromatic N) is 5. The Labute approximate surface area is 156 Å². The number of carbonyl (C=O) groups is 1. The molecule has 27 heavy (non-hydrogen) atoms. The molecule has 0 aliphatic carbocycles. The maximum atomic E-state index is 12.6. The molecule has 0 unspecified atom stereocenters. The summed E-state index contributed by atoms with van der Waals surface area (Å²) in [7, 11) is 0. The van der Waals surface area contributed by atoms with E-state index in [1.54, 1.807) is 18.6 Å². The molecule has 0 fully saturated rings. The second kappa shape index (κ2) is 7.11. The first-order valence-electron chi connectivity index (χ1n) is 8.91. The normalized spacial score (nSPS) is 11.4. The molecular formula is C20H20N6O. The Hall–Kier alpha value is -3.35. The molecule has 0 saturated heterocycles. The third-order valence-electron chi connectivity index (χ3n) is 4.30. The Morgan fingerprint density at radius 3 is 2.81 bits per heavy atom. The van der Waals surface area contributed by atoms with Gasteiger partial charge in [0.15, 0.2) is 0 Å². The molecule has 1 N–H and O–H groups in total. The first-order valence-corrected chi connectivity index (χ1v) is 8.91. The quantitative estimate of drug-likeness (QED) is 0.591. The van der Waals surface area contributed by atoms with Gasteiger partial charge in [0.1, 0.15) is 0 Å². The molecule has 4 rings (SSSR count). The molecule has 1 amide bonds. The average molecular weight is 360 g/mol. The van der Waals surface area contributed by atoms with Crippen molar-refractivity contribution in [2.45, 2.75) is 26.9 Å². The van der Waals surface area contributed by atoms with Crippen molar-refractivity contribution >= 4 is 28.0 Å². The molecule has 0 aliphatic heterocycles. The zero-order valence-electron chi connectivity index (χ0n) is 15.3. The van der Waals surface area contributed by atoms with E-state index in [1.807, 2.05) is 30.3 Å². The number of benzene rings is 1. The van der Waals surface area contributed by atoms with Gasteiger partial charge in [-0.05, 0) is 36.2 Å². The van der Waals surface area contributed by atoms with Gasteiger partial charge in [-0.25, -0.2) is 4.98 Å². The molecule has 136 valence electrons. The highest BCUT2D eigenvalue weighted by molar-refractivity contribution is 6.05. The van der Waals surface area contributed by atoms with Gasteiger partial charge in [0.2, 0.25) is 5.65 Å². The number of hydrogen-bond donors (Lipinski definition) is 1. The predicted octanol–water partition coefficient (Wildman–Crippen LogP) is 2.96. The minimum absolute atomic E-state index is 0.151. The molecular weight excluding hydrogens is 340 g/mol. The summed E-state index contributed by atoms with van der Waals surface area (Å²) in [6, 6.07) is 11.1. The summed E-state index contributed by atoms with van der Waals surface area (Å²) >= 11 is 0. The van der Waals surface area contributed by atoms with E-state index in [9.17, 15) is 4.79 Å². The fourth-order valence-corrected chi connectivity index (χ4v) is 3.08. The van der Waals surface area contributed by atoms with Crippen LogP contribution in [-0.2, 0) is 13.1 Å². The van der Waals surface area contributed by atoms with E-state index in [1.165, 1.54) is 0 Å². The highest BCUT2D eigenvalue weighted by Gasteiger charge is 2.14. The van der Waals surface area contributed by atoms with Crippen LogP contribution >= 0.6 is 0 Å². The summed E-state index contributed by atoms with van der Waals surface area (Å²) in [5, 5.41) is 12.2. The molecule has 0 spiro atoms. The molecule has 3 aromatic heterocycles. The second-order valence-electron chi connectivity index (χ2n) is 6.90. The second-order valence-corrected chi connectivity index (χ2v) is 6.90. The van der Waals surface area contributed by atoms with Gasteiger partial charge in [0.05, 0.1) is 29.6 Å². The van der Waals surface area contributed by atoms with Crippen molar-refractivity contribution in [2.75, 3.05) is 0 Å².